The van der Waals surface area contributed by atoms with Gasteiger partial charge in [-0.3, -0.25) is 9.69 Å². The van der Waals surface area contributed by atoms with Gasteiger partial charge in [-0.2, -0.15) is 0 Å². The van der Waals surface area contributed by atoms with Gasteiger partial charge in [-0.05, 0) is 37.4 Å². The molecule has 4 N–H and O–H groups in total. The molecule has 0 radical (unpaired) electrons. The molecule has 0 spiro atoms. The van der Waals surface area contributed by atoms with Crippen LogP contribution < -0.4 is 11.5 Å². The van der Waals surface area contributed by atoms with Crippen molar-refractivity contribution >= 4 is 17.2 Å². The van der Waals surface area contributed by atoms with Crippen molar-refractivity contribution < 1.29 is 4.79 Å². The van der Waals surface area contributed by atoms with E-state index in [1.807, 2.05) is 0 Å². The Hall–Kier alpha value is -0.910. The van der Waals surface area contributed by atoms with Crippen molar-refractivity contribution in [1.82, 2.24) is 4.90 Å². The van der Waals surface area contributed by atoms with E-state index in [1.165, 1.54) is 4.88 Å². The minimum absolute atomic E-state index is 0.0491. The molecule has 2 rings (SSSR count). The number of carbonyl (C=O) groups is 1. The van der Waals surface area contributed by atoms with Crippen LogP contribution in [0.3, 0.4) is 0 Å². The Balaban J connectivity index is 1.97. The summed E-state index contributed by atoms with van der Waals surface area (Å²) in [5.41, 5.74) is 11.2. The van der Waals surface area contributed by atoms with Crippen LogP contribution >= 0.6 is 11.3 Å². The molecule has 1 amide bonds. The highest BCUT2D eigenvalue weighted by Gasteiger charge is 2.27. The number of piperidine rings is 1. The molecule has 0 aromatic carbocycles. The summed E-state index contributed by atoms with van der Waals surface area (Å²) in [6, 6.07) is 4.48. The van der Waals surface area contributed by atoms with Gasteiger partial charge in [-0.15, -0.1) is 11.3 Å². The van der Waals surface area contributed by atoms with Crippen LogP contribution in [0.1, 0.15) is 23.8 Å². The Morgan fingerprint density at radius 1 is 1.53 bits per heavy atom. The molecule has 4 nitrogen and oxygen atoms in total. The van der Waals surface area contributed by atoms with E-state index in [9.17, 15) is 4.79 Å². The third kappa shape index (κ3) is 2.86. The van der Waals surface area contributed by atoms with Crippen LogP contribution in [0.25, 0.3) is 0 Å². The molecule has 1 aromatic rings. The molecule has 1 atom stereocenters. The molecule has 1 saturated heterocycles. The molecule has 0 bridgehead atoms. The number of hydrogen-bond donors (Lipinski definition) is 2. The maximum absolute atomic E-state index is 11.1. The van der Waals surface area contributed by atoms with Crippen LogP contribution in [0.5, 0.6) is 0 Å². The number of nitrogens with two attached hydrogens (primary N) is 2. The molecule has 1 aliphatic heterocycles. The number of rotatable bonds is 4. The summed E-state index contributed by atoms with van der Waals surface area (Å²) >= 11 is 1.74. The van der Waals surface area contributed by atoms with E-state index in [1.54, 1.807) is 11.3 Å². The smallest absolute Gasteiger partial charge is 0.220 e. The fourth-order valence-electron chi connectivity index (χ4n) is 2.42. The Bertz CT molecular complexity index is 358. The molecule has 17 heavy (non-hydrogen) atoms. The topological polar surface area (TPSA) is 72.3 Å². The summed E-state index contributed by atoms with van der Waals surface area (Å²) in [5, 5.41) is 2.08. The van der Waals surface area contributed by atoms with Crippen molar-refractivity contribution in [3.8, 4) is 0 Å². The van der Waals surface area contributed by atoms with Crippen LogP contribution in [-0.4, -0.2) is 30.4 Å². The van der Waals surface area contributed by atoms with E-state index >= 15 is 0 Å². The number of nitrogens with zero attached hydrogens (tertiary/aromatic N) is 1. The number of primary amides is 1. The van der Waals surface area contributed by atoms with Gasteiger partial charge in [0.1, 0.15) is 0 Å². The number of hydrogen-bond acceptors (Lipinski definition) is 4. The van der Waals surface area contributed by atoms with Gasteiger partial charge in [0.15, 0.2) is 0 Å². The molecule has 94 valence electrons. The van der Waals surface area contributed by atoms with Crippen LogP contribution in [0, 0.1) is 5.92 Å². The predicted octanol–water partition coefficient (Wildman–Crippen LogP) is 0.945. The lowest BCUT2D eigenvalue weighted by Crippen LogP contribution is -2.42. The summed E-state index contributed by atoms with van der Waals surface area (Å²) in [5.74, 6) is -0.113. The van der Waals surface area contributed by atoms with Gasteiger partial charge in [-0.25, -0.2) is 0 Å². The molecule has 1 aromatic heterocycles. The first-order valence-electron chi connectivity index (χ1n) is 5.99. The second-order valence-electron chi connectivity index (χ2n) is 4.48. The van der Waals surface area contributed by atoms with Crippen molar-refractivity contribution in [2.45, 2.75) is 18.9 Å². The highest BCUT2D eigenvalue weighted by Crippen LogP contribution is 2.28. The molecule has 1 unspecified atom stereocenters. The SMILES string of the molecule is NCC(c1cccs1)N1CCC(C(N)=O)CC1. The van der Waals surface area contributed by atoms with Crippen molar-refractivity contribution in [2.75, 3.05) is 19.6 Å². The average Bonchev–Trinajstić information content (AvgIpc) is 2.84. The maximum atomic E-state index is 11.1. The third-order valence-corrected chi connectivity index (χ3v) is 4.44. The zero-order chi connectivity index (χ0) is 12.3. The van der Waals surface area contributed by atoms with Crippen LogP contribution in [-0.2, 0) is 4.79 Å². The monoisotopic (exact) mass is 253 g/mol. The van der Waals surface area contributed by atoms with Crippen molar-refractivity contribution in [3.63, 3.8) is 0 Å². The number of likely N-dealkylation sites (tertiary alicyclic amines) is 1. The molecule has 0 aliphatic carbocycles. The molecule has 1 fully saturated rings. The Kier molecular flexibility index (Phi) is 4.15. The zero-order valence-corrected chi connectivity index (χ0v) is 10.7. The van der Waals surface area contributed by atoms with Crippen LogP contribution in [0.2, 0.25) is 0 Å². The predicted molar refractivity (Wildman–Crippen MR) is 69.6 cm³/mol. The lowest BCUT2D eigenvalue weighted by molar-refractivity contribution is -0.123. The largest absolute Gasteiger partial charge is 0.369 e. The highest BCUT2D eigenvalue weighted by atomic mass is 32.1. The van der Waals surface area contributed by atoms with Gasteiger partial charge in [-0.1, -0.05) is 6.07 Å². The Labute approximate surface area is 106 Å². The van der Waals surface area contributed by atoms with E-state index in [4.69, 9.17) is 11.5 Å². The lowest BCUT2D eigenvalue weighted by atomic mass is 9.95. The zero-order valence-electron chi connectivity index (χ0n) is 9.84. The van der Waals surface area contributed by atoms with Gasteiger partial charge in [0.2, 0.25) is 5.91 Å². The van der Waals surface area contributed by atoms with Crippen LogP contribution in [0.15, 0.2) is 17.5 Å². The van der Waals surface area contributed by atoms with E-state index in [-0.39, 0.29) is 11.8 Å². The minimum Gasteiger partial charge on any atom is -0.369 e. The standard InChI is InChI=1S/C12H19N3OS/c13-8-10(11-2-1-7-17-11)15-5-3-9(4-6-15)12(14)16/h1-2,7,9-10H,3-6,8,13H2,(H2,14,16). The lowest BCUT2D eigenvalue weighted by Gasteiger charge is -2.35. The number of amides is 1. The highest BCUT2D eigenvalue weighted by molar-refractivity contribution is 7.10. The van der Waals surface area contributed by atoms with Crippen molar-refractivity contribution in [3.05, 3.63) is 22.4 Å². The fraction of sp³-hybridized carbons (Fsp3) is 0.583. The first-order chi connectivity index (χ1) is 8.22. The molecule has 0 saturated carbocycles. The van der Waals surface area contributed by atoms with Gasteiger partial charge in [0.25, 0.3) is 0 Å². The summed E-state index contributed by atoms with van der Waals surface area (Å²) in [6.45, 7) is 2.45. The third-order valence-electron chi connectivity index (χ3n) is 3.47. The molecular formula is C12H19N3OS. The van der Waals surface area contributed by atoms with Crippen LogP contribution in [0.4, 0.5) is 0 Å². The first kappa shape index (κ1) is 12.5. The van der Waals surface area contributed by atoms with E-state index in [2.05, 4.69) is 22.4 Å². The molecule has 5 heteroatoms. The average molecular weight is 253 g/mol. The maximum Gasteiger partial charge on any atom is 0.220 e. The van der Waals surface area contributed by atoms with E-state index in [0.29, 0.717) is 12.6 Å². The number of carbonyl (C=O) groups excluding carboxylic acids is 1. The van der Waals surface area contributed by atoms with Gasteiger partial charge >= 0.3 is 0 Å². The van der Waals surface area contributed by atoms with Gasteiger partial charge < -0.3 is 11.5 Å². The second kappa shape index (κ2) is 5.62. The summed E-state index contributed by atoms with van der Waals surface area (Å²) in [4.78, 5) is 14.8. The number of thiophene rings is 1. The molecule has 1 aliphatic rings. The minimum atomic E-state index is -0.162. The summed E-state index contributed by atoms with van der Waals surface area (Å²) in [7, 11) is 0. The Morgan fingerprint density at radius 3 is 2.71 bits per heavy atom. The molecular weight excluding hydrogens is 234 g/mol. The van der Waals surface area contributed by atoms with Crippen molar-refractivity contribution in [2.24, 2.45) is 17.4 Å². The van der Waals surface area contributed by atoms with E-state index in [0.717, 1.165) is 25.9 Å². The van der Waals surface area contributed by atoms with Gasteiger partial charge in [0, 0.05) is 17.3 Å². The summed E-state index contributed by atoms with van der Waals surface area (Å²) < 4.78 is 0. The van der Waals surface area contributed by atoms with Gasteiger partial charge in [0.05, 0.1) is 6.04 Å². The Morgan fingerprint density at radius 2 is 2.24 bits per heavy atom. The first-order valence-corrected chi connectivity index (χ1v) is 6.87. The fourth-order valence-corrected chi connectivity index (χ4v) is 3.30. The van der Waals surface area contributed by atoms with E-state index < -0.39 is 0 Å². The normalized spacial score (nSPS) is 20.3. The molecule has 2 heterocycles. The second-order valence-corrected chi connectivity index (χ2v) is 5.46. The quantitative estimate of drug-likeness (QED) is 0.839. The van der Waals surface area contributed by atoms with Crippen molar-refractivity contribution in [1.29, 1.82) is 0 Å². The summed E-state index contributed by atoms with van der Waals surface area (Å²) in [6.07, 6.45) is 1.72.